The summed E-state index contributed by atoms with van der Waals surface area (Å²) in [4.78, 5) is 24.6. The minimum Gasteiger partial charge on any atom is -0.382 e. The maximum atomic E-state index is 12.3. The van der Waals surface area contributed by atoms with Gasteiger partial charge in [-0.2, -0.15) is 0 Å². The van der Waals surface area contributed by atoms with Crippen LogP contribution in [-0.2, 0) is 10.8 Å². The van der Waals surface area contributed by atoms with Crippen molar-refractivity contribution in [1.82, 2.24) is 0 Å². The molecule has 2 N–H and O–H groups in total. The van der Waals surface area contributed by atoms with Gasteiger partial charge in [0, 0.05) is 11.1 Å². The SMILES string of the molecule is CC(C)(O)C(=O)c1ccc(C(C)(C)C(C)(C)c2ccc(C(=O)C(C)(C)O)cc2)cc1. The predicted molar refractivity (Wildman–Crippen MR) is 120 cm³/mol. The average molecular weight is 411 g/mol. The fraction of sp³-hybridized carbons (Fsp3) is 0.462. The van der Waals surface area contributed by atoms with Crippen LogP contribution in [0.25, 0.3) is 0 Å². The van der Waals surface area contributed by atoms with Gasteiger partial charge in [-0.1, -0.05) is 76.2 Å². The van der Waals surface area contributed by atoms with Gasteiger partial charge >= 0.3 is 0 Å². The molecule has 0 fully saturated rings. The molecule has 0 unspecified atom stereocenters. The van der Waals surface area contributed by atoms with Gasteiger partial charge < -0.3 is 10.2 Å². The number of carbonyl (C=O) groups is 2. The highest BCUT2D eigenvalue weighted by Crippen LogP contribution is 2.44. The molecule has 162 valence electrons. The molecule has 0 bridgehead atoms. The molecule has 0 aromatic heterocycles. The van der Waals surface area contributed by atoms with Crippen molar-refractivity contribution < 1.29 is 19.8 Å². The van der Waals surface area contributed by atoms with E-state index in [0.29, 0.717) is 11.1 Å². The molecule has 4 heteroatoms. The molecule has 0 heterocycles. The Labute approximate surface area is 180 Å². The predicted octanol–water partition coefficient (Wildman–Crippen LogP) is 4.85. The second-order valence-electron chi connectivity index (χ2n) is 10.2. The van der Waals surface area contributed by atoms with E-state index in [1.165, 1.54) is 27.7 Å². The lowest BCUT2D eigenvalue weighted by Gasteiger charge is -2.43. The van der Waals surface area contributed by atoms with Gasteiger partial charge in [0.25, 0.3) is 0 Å². The van der Waals surface area contributed by atoms with Gasteiger partial charge in [-0.25, -0.2) is 0 Å². The van der Waals surface area contributed by atoms with Crippen LogP contribution in [-0.4, -0.2) is 33.0 Å². The molecule has 0 amide bonds. The van der Waals surface area contributed by atoms with E-state index in [4.69, 9.17) is 0 Å². The Hall–Kier alpha value is -2.30. The number of hydrogen-bond acceptors (Lipinski definition) is 4. The molecule has 0 saturated carbocycles. The number of hydrogen-bond donors (Lipinski definition) is 2. The lowest BCUT2D eigenvalue weighted by atomic mass is 9.61. The Morgan fingerprint density at radius 1 is 0.533 bits per heavy atom. The van der Waals surface area contributed by atoms with Gasteiger partial charge in [0.2, 0.25) is 0 Å². The van der Waals surface area contributed by atoms with E-state index in [0.717, 1.165) is 11.1 Å². The van der Waals surface area contributed by atoms with Crippen LogP contribution in [0.15, 0.2) is 48.5 Å². The van der Waals surface area contributed by atoms with Crippen LogP contribution >= 0.6 is 0 Å². The first kappa shape index (κ1) is 24.0. The summed E-state index contributed by atoms with van der Waals surface area (Å²) in [5, 5.41) is 19.9. The van der Waals surface area contributed by atoms with Crippen molar-refractivity contribution >= 4 is 11.6 Å². The van der Waals surface area contributed by atoms with Gasteiger partial charge in [0.05, 0.1) is 0 Å². The van der Waals surface area contributed by atoms with Crippen molar-refractivity contribution in [3.63, 3.8) is 0 Å². The van der Waals surface area contributed by atoms with Gasteiger partial charge in [-0.3, -0.25) is 9.59 Å². The first-order valence-electron chi connectivity index (χ1n) is 10.2. The number of carbonyl (C=O) groups excluding carboxylic acids is 2. The van der Waals surface area contributed by atoms with E-state index in [-0.39, 0.29) is 22.4 Å². The summed E-state index contributed by atoms with van der Waals surface area (Å²) in [5.74, 6) is -0.614. The van der Waals surface area contributed by atoms with Gasteiger partial charge in [-0.15, -0.1) is 0 Å². The topological polar surface area (TPSA) is 74.6 Å². The third-order valence-corrected chi connectivity index (χ3v) is 6.41. The highest BCUT2D eigenvalue weighted by Gasteiger charge is 2.40. The Bertz CT molecular complexity index is 839. The second-order valence-corrected chi connectivity index (χ2v) is 10.2. The number of rotatable bonds is 7. The van der Waals surface area contributed by atoms with E-state index in [1.54, 1.807) is 24.3 Å². The van der Waals surface area contributed by atoms with Gasteiger partial charge in [0.15, 0.2) is 11.6 Å². The Morgan fingerprint density at radius 2 is 0.767 bits per heavy atom. The van der Waals surface area contributed by atoms with Crippen molar-refractivity contribution in [2.75, 3.05) is 0 Å². The lowest BCUT2D eigenvalue weighted by molar-refractivity contribution is 0.0487. The van der Waals surface area contributed by atoms with Crippen molar-refractivity contribution in [1.29, 1.82) is 0 Å². The van der Waals surface area contributed by atoms with Crippen molar-refractivity contribution in [2.24, 2.45) is 0 Å². The molecule has 0 radical (unpaired) electrons. The van der Waals surface area contributed by atoms with Crippen LogP contribution in [0.2, 0.25) is 0 Å². The summed E-state index contributed by atoms with van der Waals surface area (Å²) >= 11 is 0. The van der Waals surface area contributed by atoms with Crippen molar-refractivity contribution in [2.45, 2.75) is 77.4 Å². The summed E-state index contributed by atoms with van der Waals surface area (Å²) in [5.41, 5.74) is -0.287. The second kappa shape index (κ2) is 7.75. The molecular weight excluding hydrogens is 376 g/mol. The third kappa shape index (κ3) is 4.55. The number of ketones is 2. The molecule has 0 saturated heterocycles. The first-order valence-corrected chi connectivity index (χ1v) is 10.2. The highest BCUT2D eigenvalue weighted by molar-refractivity contribution is 6.02. The van der Waals surface area contributed by atoms with E-state index >= 15 is 0 Å². The lowest BCUT2D eigenvalue weighted by Crippen LogP contribution is -2.40. The molecule has 30 heavy (non-hydrogen) atoms. The molecule has 4 nitrogen and oxygen atoms in total. The number of benzene rings is 2. The Balaban J connectivity index is 2.36. The Kier molecular flexibility index (Phi) is 6.19. The zero-order valence-electron chi connectivity index (χ0n) is 19.3. The van der Waals surface area contributed by atoms with Crippen molar-refractivity contribution in [3.05, 3.63) is 70.8 Å². The fourth-order valence-electron chi connectivity index (χ4n) is 3.50. The van der Waals surface area contributed by atoms with Crippen LogP contribution in [0, 0.1) is 0 Å². The standard InChI is InChI=1S/C26H34O4/c1-23(2,19-13-9-17(10-14-19)21(27)25(5,6)29)24(3,4)20-15-11-18(12-16-20)22(28)26(7,8)30/h9-16,29-30H,1-8H3. The largest absolute Gasteiger partial charge is 0.382 e. The molecule has 2 rings (SSSR count). The molecular formula is C26H34O4. The number of Topliss-reactive ketones (excluding diaryl/α,β-unsaturated/α-hetero) is 2. The van der Waals surface area contributed by atoms with E-state index in [1.807, 2.05) is 24.3 Å². The summed E-state index contributed by atoms with van der Waals surface area (Å²) in [6.45, 7) is 14.5. The van der Waals surface area contributed by atoms with Gasteiger partial charge in [-0.05, 0) is 49.7 Å². The summed E-state index contributed by atoms with van der Waals surface area (Å²) < 4.78 is 0. The normalized spacial score (nSPS) is 13.3. The quantitative estimate of drug-likeness (QED) is 0.640. The Morgan fingerprint density at radius 3 is 0.967 bits per heavy atom. The maximum Gasteiger partial charge on any atom is 0.193 e. The van der Waals surface area contributed by atoms with E-state index in [9.17, 15) is 19.8 Å². The fourth-order valence-corrected chi connectivity index (χ4v) is 3.50. The van der Waals surface area contributed by atoms with Crippen LogP contribution in [0.1, 0.15) is 87.2 Å². The van der Waals surface area contributed by atoms with Crippen LogP contribution in [0.5, 0.6) is 0 Å². The minimum absolute atomic E-state index is 0.287. The maximum absolute atomic E-state index is 12.3. The van der Waals surface area contributed by atoms with Crippen LogP contribution in [0.4, 0.5) is 0 Å². The number of aliphatic hydroxyl groups is 2. The zero-order chi connectivity index (χ0) is 23.1. The van der Waals surface area contributed by atoms with E-state index in [2.05, 4.69) is 27.7 Å². The molecule has 0 atom stereocenters. The smallest absolute Gasteiger partial charge is 0.193 e. The van der Waals surface area contributed by atoms with Crippen LogP contribution in [0.3, 0.4) is 0 Å². The molecule has 2 aromatic carbocycles. The summed E-state index contributed by atoms with van der Waals surface area (Å²) in [6, 6.07) is 14.8. The van der Waals surface area contributed by atoms with Crippen molar-refractivity contribution in [3.8, 4) is 0 Å². The summed E-state index contributed by atoms with van der Waals surface area (Å²) in [6.07, 6.45) is 0. The summed E-state index contributed by atoms with van der Waals surface area (Å²) in [7, 11) is 0. The highest BCUT2D eigenvalue weighted by atomic mass is 16.3. The molecule has 0 aliphatic heterocycles. The molecule has 0 aliphatic carbocycles. The molecule has 2 aromatic rings. The molecule has 0 spiro atoms. The van der Waals surface area contributed by atoms with E-state index < -0.39 is 11.2 Å². The first-order chi connectivity index (χ1) is 13.5. The molecule has 0 aliphatic rings. The third-order valence-electron chi connectivity index (χ3n) is 6.41. The monoisotopic (exact) mass is 410 g/mol. The minimum atomic E-state index is -1.40. The van der Waals surface area contributed by atoms with Crippen LogP contribution < -0.4 is 0 Å². The zero-order valence-corrected chi connectivity index (χ0v) is 19.3. The van der Waals surface area contributed by atoms with Gasteiger partial charge in [0.1, 0.15) is 11.2 Å². The average Bonchev–Trinajstić information content (AvgIpc) is 2.65.